The maximum absolute atomic E-state index is 12.8. The van der Waals surface area contributed by atoms with Crippen LogP contribution in [0, 0.1) is 5.92 Å². The summed E-state index contributed by atoms with van der Waals surface area (Å²) >= 11 is 1.52. The van der Waals surface area contributed by atoms with Crippen molar-refractivity contribution in [2.24, 2.45) is 5.92 Å². The lowest BCUT2D eigenvalue weighted by molar-refractivity contribution is -0.149. The molecule has 138 valence electrons. The molecule has 0 bridgehead atoms. The normalized spacial score (nSPS) is 25.2. The van der Waals surface area contributed by atoms with Crippen LogP contribution in [0.2, 0.25) is 0 Å². The van der Waals surface area contributed by atoms with E-state index in [1.54, 1.807) is 4.90 Å². The molecule has 1 N–H and O–H groups in total. The van der Waals surface area contributed by atoms with Crippen LogP contribution in [0.1, 0.15) is 44.4 Å². The summed E-state index contributed by atoms with van der Waals surface area (Å²) in [6, 6.07) is 3.20. The van der Waals surface area contributed by atoms with Gasteiger partial charge < -0.3 is 14.5 Å². The van der Waals surface area contributed by atoms with E-state index in [4.69, 9.17) is 4.52 Å². The summed E-state index contributed by atoms with van der Waals surface area (Å²) in [6.45, 7) is 0. The van der Waals surface area contributed by atoms with E-state index in [0.29, 0.717) is 30.5 Å². The quantitative estimate of drug-likeness (QED) is 0.863. The third-order valence-corrected chi connectivity index (χ3v) is 6.29. The van der Waals surface area contributed by atoms with Crippen molar-refractivity contribution < 1.29 is 19.2 Å². The topological polar surface area (TPSA) is 96.5 Å². The molecule has 7 nitrogen and oxygen atoms in total. The second-order valence-electron chi connectivity index (χ2n) is 6.99. The van der Waals surface area contributed by atoms with E-state index >= 15 is 0 Å². The molecule has 3 atom stereocenters. The van der Waals surface area contributed by atoms with E-state index in [2.05, 4.69) is 10.1 Å². The first-order valence-corrected chi connectivity index (χ1v) is 9.92. The van der Waals surface area contributed by atoms with Crippen LogP contribution in [0.15, 0.2) is 22.0 Å². The largest absolute Gasteiger partial charge is 0.480 e. The van der Waals surface area contributed by atoms with Crippen molar-refractivity contribution in [2.45, 2.75) is 57.0 Å². The second kappa shape index (κ2) is 7.19. The molecule has 1 aliphatic carbocycles. The van der Waals surface area contributed by atoms with Gasteiger partial charge in [-0.15, -0.1) is 11.3 Å². The number of hydrogen-bond donors (Lipinski definition) is 1. The number of fused-ring (bicyclic) bond motifs is 1. The van der Waals surface area contributed by atoms with Gasteiger partial charge in [0.25, 0.3) is 0 Å². The van der Waals surface area contributed by atoms with Crippen molar-refractivity contribution in [1.82, 2.24) is 15.0 Å². The number of amides is 1. The molecule has 26 heavy (non-hydrogen) atoms. The van der Waals surface area contributed by atoms with Gasteiger partial charge in [-0.25, -0.2) is 4.79 Å². The Balaban J connectivity index is 1.42. The van der Waals surface area contributed by atoms with Gasteiger partial charge in [0.2, 0.25) is 17.6 Å². The van der Waals surface area contributed by atoms with Gasteiger partial charge in [0.15, 0.2) is 0 Å². The molecular formula is C18H21N3O4S. The molecule has 1 saturated heterocycles. The van der Waals surface area contributed by atoms with E-state index < -0.39 is 12.0 Å². The summed E-state index contributed by atoms with van der Waals surface area (Å²) < 4.78 is 5.24. The monoisotopic (exact) mass is 375 g/mol. The van der Waals surface area contributed by atoms with E-state index in [-0.39, 0.29) is 18.4 Å². The van der Waals surface area contributed by atoms with Crippen LogP contribution in [0.5, 0.6) is 0 Å². The maximum Gasteiger partial charge on any atom is 0.326 e. The SMILES string of the molecule is O=C(O)[C@@H]1C[C@@H]2CCCC[C@H]2N1C(=O)CCc1nc(-c2cccs2)no1. The van der Waals surface area contributed by atoms with Crippen LogP contribution < -0.4 is 0 Å². The van der Waals surface area contributed by atoms with Crippen LogP contribution in [0.3, 0.4) is 0 Å². The minimum atomic E-state index is -0.898. The first kappa shape index (κ1) is 17.2. The van der Waals surface area contributed by atoms with Gasteiger partial charge in [0.05, 0.1) is 4.88 Å². The highest BCUT2D eigenvalue weighted by molar-refractivity contribution is 7.13. The fourth-order valence-electron chi connectivity index (χ4n) is 4.24. The standard InChI is InChI=1S/C18H21N3O4S/c22-16(8-7-15-19-17(20-25-15)14-6-3-9-26-14)21-12-5-2-1-4-11(12)10-13(21)18(23)24/h3,6,9,11-13H,1-2,4-5,7-8,10H2,(H,23,24)/t11-,12+,13-/m0/s1. The number of carbonyl (C=O) groups is 2. The van der Waals surface area contributed by atoms with Crippen molar-refractivity contribution in [3.8, 4) is 10.7 Å². The van der Waals surface area contributed by atoms with Crippen LogP contribution in [0.4, 0.5) is 0 Å². The number of carbonyl (C=O) groups excluding carboxylic acids is 1. The lowest BCUT2D eigenvalue weighted by Crippen LogP contribution is -2.46. The fourth-order valence-corrected chi connectivity index (χ4v) is 4.89. The molecule has 0 radical (unpaired) electrons. The molecule has 2 aromatic heterocycles. The van der Waals surface area contributed by atoms with Gasteiger partial charge in [0, 0.05) is 18.9 Å². The number of rotatable bonds is 5. The van der Waals surface area contributed by atoms with E-state index in [9.17, 15) is 14.7 Å². The van der Waals surface area contributed by atoms with Crippen molar-refractivity contribution in [1.29, 1.82) is 0 Å². The molecule has 8 heteroatoms. The first-order valence-electron chi connectivity index (χ1n) is 9.04. The minimum Gasteiger partial charge on any atom is -0.480 e. The smallest absolute Gasteiger partial charge is 0.326 e. The number of carboxylic acids is 1. The van der Waals surface area contributed by atoms with Crippen LogP contribution in [0.25, 0.3) is 10.7 Å². The van der Waals surface area contributed by atoms with Crippen molar-refractivity contribution in [3.05, 3.63) is 23.4 Å². The van der Waals surface area contributed by atoms with Crippen molar-refractivity contribution >= 4 is 23.2 Å². The number of carboxylic acid groups (broad SMARTS) is 1. The second-order valence-corrected chi connectivity index (χ2v) is 7.94. The third-order valence-electron chi connectivity index (χ3n) is 5.42. The fraction of sp³-hybridized carbons (Fsp3) is 0.556. The Bertz CT molecular complexity index is 788. The number of aliphatic carboxylic acids is 1. The third kappa shape index (κ3) is 3.25. The molecule has 0 unspecified atom stereocenters. The zero-order valence-corrected chi connectivity index (χ0v) is 15.2. The number of nitrogens with zero attached hydrogens (tertiary/aromatic N) is 3. The Morgan fingerprint density at radius 2 is 2.19 bits per heavy atom. The zero-order valence-electron chi connectivity index (χ0n) is 14.3. The highest BCUT2D eigenvalue weighted by Crippen LogP contribution is 2.40. The summed E-state index contributed by atoms with van der Waals surface area (Å²) in [5.41, 5.74) is 0. The molecule has 0 aromatic carbocycles. The summed E-state index contributed by atoms with van der Waals surface area (Å²) in [5.74, 6) is 0.239. The summed E-state index contributed by atoms with van der Waals surface area (Å²) in [4.78, 5) is 31.3. The molecule has 1 amide bonds. The van der Waals surface area contributed by atoms with Gasteiger partial charge in [0.1, 0.15) is 6.04 Å². The van der Waals surface area contributed by atoms with Crippen LogP contribution in [-0.2, 0) is 16.0 Å². The summed E-state index contributed by atoms with van der Waals surface area (Å²) in [7, 11) is 0. The molecule has 2 fully saturated rings. The molecule has 0 spiro atoms. The Hall–Kier alpha value is -2.22. The Kier molecular flexibility index (Phi) is 4.76. The predicted octanol–water partition coefficient (Wildman–Crippen LogP) is 2.98. The summed E-state index contributed by atoms with van der Waals surface area (Å²) in [6.07, 6.45) is 5.22. The highest BCUT2D eigenvalue weighted by Gasteiger charge is 2.47. The lowest BCUT2D eigenvalue weighted by atomic mass is 9.84. The van der Waals surface area contributed by atoms with Gasteiger partial charge in [-0.3, -0.25) is 4.79 Å². The number of hydrogen-bond acceptors (Lipinski definition) is 6. The van der Waals surface area contributed by atoms with Crippen molar-refractivity contribution in [2.75, 3.05) is 0 Å². The molecule has 1 saturated carbocycles. The molecule has 4 rings (SSSR count). The Morgan fingerprint density at radius 1 is 1.35 bits per heavy atom. The number of likely N-dealkylation sites (tertiary alicyclic amines) is 1. The molecule has 2 aromatic rings. The van der Waals surface area contributed by atoms with Gasteiger partial charge in [-0.05, 0) is 36.6 Å². The number of thiophene rings is 1. The molecule has 2 aliphatic rings. The molecule has 3 heterocycles. The van der Waals surface area contributed by atoms with Crippen LogP contribution in [-0.4, -0.2) is 44.1 Å². The van der Waals surface area contributed by atoms with E-state index in [1.165, 1.54) is 11.3 Å². The predicted molar refractivity (Wildman–Crippen MR) is 94.6 cm³/mol. The van der Waals surface area contributed by atoms with E-state index in [1.807, 2.05) is 17.5 Å². The Morgan fingerprint density at radius 3 is 2.96 bits per heavy atom. The highest BCUT2D eigenvalue weighted by atomic mass is 32.1. The lowest BCUT2D eigenvalue weighted by Gasteiger charge is -2.33. The number of aryl methyl sites for hydroxylation is 1. The Labute approximate surface area is 155 Å². The van der Waals surface area contributed by atoms with E-state index in [0.717, 1.165) is 30.6 Å². The van der Waals surface area contributed by atoms with Crippen LogP contribution >= 0.6 is 11.3 Å². The van der Waals surface area contributed by atoms with Crippen molar-refractivity contribution in [3.63, 3.8) is 0 Å². The average Bonchev–Trinajstić information content (AvgIpc) is 3.37. The molecule has 1 aliphatic heterocycles. The molecular weight excluding hydrogens is 354 g/mol. The van der Waals surface area contributed by atoms with Gasteiger partial charge in [-0.2, -0.15) is 4.98 Å². The maximum atomic E-state index is 12.8. The zero-order chi connectivity index (χ0) is 18.1. The van der Waals surface area contributed by atoms with Gasteiger partial charge in [-0.1, -0.05) is 24.1 Å². The minimum absolute atomic E-state index is 0.0710. The first-order chi connectivity index (χ1) is 12.6. The van der Waals surface area contributed by atoms with Gasteiger partial charge >= 0.3 is 5.97 Å². The average molecular weight is 375 g/mol. The number of aromatic nitrogens is 2. The summed E-state index contributed by atoms with van der Waals surface area (Å²) in [5, 5.41) is 15.4.